The summed E-state index contributed by atoms with van der Waals surface area (Å²) in [5, 5.41) is 7.21. The van der Waals surface area contributed by atoms with Crippen molar-refractivity contribution in [3.05, 3.63) is 40.7 Å². The van der Waals surface area contributed by atoms with Gasteiger partial charge in [-0.05, 0) is 38.1 Å². The fourth-order valence-electron chi connectivity index (χ4n) is 2.11. The van der Waals surface area contributed by atoms with Gasteiger partial charge in [0.1, 0.15) is 23.3 Å². The van der Waals surface area contributed by atoms with Gasteiger partial charge < -0.3 is 14.8 Å². The van der Waals surface area contributed by atoms with Crippen molar-refractivity contribution in [3.8, 4) is 11.5 Å². The number of aromatic nitrogens is 2. The zero-order valence-corrected chi connectivity index (χ0v) is 14.2. The van der Waals surface area contributed by atoms with Crippen molar-refractivity contribution in [2.45, 2.75) is 13.8 Å². The first-order valence-electron chi connectivity index (χ1n) is 7.36. The standard InChI is InChI=1S/C16H20ClN3O3/c1-4-22-12-5-7-13(8-6-12)23-10-9-18-16(21)14-11(2)19-20(3)15(14)17/h5-8H,4,9-10H2,1-3H3,(H,18,21). The van der Waals surface area contributed by atoms with E-state index in [2.05, 4.69) is 10.4 Å². The fourth-order valence-corrected chi connectivity index (χ4v) is 2.37. The van der Waals surface area contributed by atoms with Crippen LogP contribution in [-0.2, 0) is 7.05 Å². The predicted molar refractivity (Wildman–Crippen MR) is 88.4 cm³/mol. The lowest BCUT2D eigenvalue weighted by Gasteiger charge is -2.09. The van der Waals surface area contributed by atoms with E-state index in [9.17, 15) is 4.79 Å². The van der Waals surface area contributed by atoms with Crippen LogP contribution in [0.2, 0.25) is 5.15 Å². The van der Waals surface area contributed by atoms with Crippen molar-refractivity contribution in [1.29, 1.82) is 0 Å². The average Bonchev–Trinajstić information content (AvgIpc) is 2.78. The quantitative estimate of drug-likeness (QED) is 0.789. The molecule has 0 fully saturated rings. The zero-order valence-electron chi connectivity index (χ0n) is 13.4. The lowest BCUT2D eigenvalue weighted by atomic mass is 10.2. The van der Waals surface area contributed by atoms with Gasteiger partial charge in [0.05, 0.1) is 24.4 Å². The number of aryl methyl sites for hydroxylation is 2. The zero-order chi connectivity index (χ0) is 16.8. The highest BCUT2D eigenvalue weighted by molar-refractivity contribution is 6.33. The maximum atomic E-state index is 12.1. The van der Waals surface area contributed by atoms with E-state index < -0.39 is 0 Å². The molecule has 0 radical (unpaired) electrons. The number of benzene rings is 1. The normalized spacial score (nSPS) is 10.4. The third-order valence-corrected chi connectivity index (χ3v) is 3.60. The molecule has 0 spiro atoms. The first-order valence-corrected chi connectivity index (χ1v) is 7.73. The molecule has 0 aliphatic heterocycles. The first-order chi connectivity index (χ1) is 11.0. The third kappa shape index (κ3) is 4.39. The number of carbonyl (C=O) groups excluding carboxylic acids is 1. The van der Waals surface area contributed by atoms with Gasteiger partial charge in [-0.1, -0.05) is 11.6 Å². The van der Waals surface area contributed by atoms with Gasteiger partial charge in [0.25, 0.3) is 5.91 Å². The van der Waals surface area contributed by atoms with Crippen LogP contribution in [0.15, 0.2) is 24.3 Å². The Labute approximate surface area is 140 Å². The second-order valence-corrected chi connectivity index (χ2v) is 5.24. The molecule has 124 valence electrons. The van der Waals surface area contributed by atoms with E-state index in [0.717, 1.165) is 11.5 Å². The van der Waals surface area contributed by atoms with Crippen LogP contribution in [-0.4, -0.2) is 35.4 Å². The first kappa shape index (κ1) is 17.1. The average molecular weight is 338 g/mol. The predicted octanol–water partition coefficient (Wildman–Crippen LogP) is 2.59. The van der Waals surface area contributed by atoms with Crippen LogP contribution in [0.5, 0.6) is 11.5 Å². The van der Waals surface area contributed by atoms with Gasteiger partial charge in [0.2, 0.25) is 0 Å². The van der Waals surface area contributed by atoms with Crippen LogP contribution in [0.25, 0.3) is 0 Å². The highest BCUT2D eigenvalue weighted by atomic mass is 35.5. The summed E-state index contributed by atoms with van der Waals surface area (Å²) in [6, 6.07) is 7.34. The number of carbonyl (C=O) groups is 1. The number of halogens is 1. The second kappa shape index (κ2) is 7.87. The summed E-state index contributed by atoms with van der Waals surface area (Å²) in [5.41, 5.74) is 0.998. The number of ether oxygens (including phenoxy) is 2. The Bertz CT molecular complexity index is 668. The van der Waals surface area contributed by atoms with Crippen molar-refractivity contribution >= 4 is 17.5 Å². The molecule has 23 heavy (non-hydrogen) atoms. The highest BCUT2D eigenvalue weighted by Gasteiger charge is 2.18. The summed E-state index contributed by atoms with van der Waals surface area (Å²) < 4.78 is 12.4. The minimum Gasteiger partial charge on any atom is -0.494 e. The molecule has 2 rings (SSSR count). The van der Waals surface area contributed by atoms with Crippen molar-refractivity contribution in [1.82, 2.24) is 15.1 Å². The second-order valence-electron chi connectivity index (χ2n) is 4.88. The third-order valence-electron chi connectivity index (χ3n) is 3.17. The van der Waals surface area contributed by atoms with E-state index in [1.807, 2.05) is 31.2 Å². The van der Waals surface area contributed by atoms with E-state index in [-0.39, 0.29) is 5.91 Å². The summed E-state index contributed by atoms with van der Waals surface area (Å²) in [5.74, 6) is 1.27. The molecule has 1 amide bonds. The molecule has 0 atom stereocenters. The van der Waals surface area contributed by atoms with Crippen molar-refractivity contribution in [3.63, 3.8) is 0 Å². The molecular formula is C16H20ClN3O3. The van der Waals surface area contributed by atoms with Gasteiger partial charge in [0, 0.05) is 7.05 Å². The maximum Gasteiger partial charge on any atom is 0.256 e. The minimum absolute atomic E-state index is 0.254. The number of hydrogen-bond acceptors (Lipinski definition) is 4. The summed E-state index contributed by atoms with van der Waals surface area (Å²) in [6.45, 7) is 5.04. The number of rotatable bonds is 7. The van der Waals surface area contributed by atoms with Crippen LogP contribution in [0.4, 0.5) is 0 Å². The monoisotopic (exact) mass is 337 g/mol. The molecule has 0 unspecified atom stereocenters. The molecule has 0 saturated heterocycles. The minimum atomic E-state index is -0.254. The van der Waals surface area contributed by atoms with Crippen LogP contribution in [0, 0.1) is 6.92 Å². The van der Waals surface area contributed by atoms with Gasteiger partial charge in [-0.3, -0.25) is 9.48 Å². The lowest BCUT2D eigenvalue weighted by molar-refractivity contribution is 0.0946. The smallest absolute Gasteiger partial charge is 0.256 e. The van der Waals surface area contributed by atoms with Gasteiger partial charge in [-0.25, -0.2) is 0 Å². The molecule has 1 N–H and O–H groups in total. The lowest BCUT2D eigenvalue weighted by Crippen LogP contribution is -2.28. The SMILES string of the molecule is CCOc1ccc(OCCNC(=O)c2c(C)nn(C)c2Cl)cc1. The number of hydrogen-bond donors (Lipinski definition) is 1. The van der Waals surface area contributed by atoms with E-state index >= 15 is 0 Å². The molecule has 0 bridgehead atoms. The van der Waals surface area contributed by atoms with E-state index in [1.165, 1.54) is 4.68 Å². The Hall–Kier alpha value is -2.21. The van der Waals surface area contributed by atoms with E-state index in [1.54, 1.807) is 14.0 Å². The molecule has 0 aliphatic rings. The summed E-state index contributed by atoms with van der Waals surface area (Å²) >= 11 is 6.05. The van der Waals surface area contributed by atoms with Crippen LogP contribution >= 0.6 is 11.6 Å². The maximum absolute atomic E-state index is 12.1. The molecule has 1 heterocycles. The molecule has 1 aromatic heterocycles. The number of nitrogens with zero attached hydrogens (tertiary/aromatic N) is 2. The molecule has 0 aliphatic carbocycles. The Balaban J connectivity index is 1.79. The molecular weight excluding hydrogens is 318 g/mol. The molecule has 0 saturated carbocycles. The Kier molecular flexibility index (Phi) is 5.87. The molecule has 1 aromatic carbocycles. The number of amides is 1. The molecule has 2 aromatic rings. The molecule has 7 heteroatoms. The van der Waals surface area contributed by atoms with Crippen LogP contribution in [0.3, 0.4) is 0 Å². The van der Waals surface area contributed by atoms with Crippen LogP contribution < -0.4 is 14.8 Å². The highest BCUT2D eigenvalue weighted by Crippen LogP contribution is 2.19. The fraction of sp³-hybridized carbons (Fsp3) is 0.375. The summed E-state index contributed by atoms with van der Waals surface area (Å²) in [6.07, 6.45) is 0. The van der Waals surface area contributed by atoms with E-state index in [4.69, 9.17) is 21.1 Å². The van der Waals surface area contributed by atoms with Crippen molar-refractivity contribution in [2.24, 2.45) is 7.05 Å². The number of nitrogens with one attached hydrogen (secondary N) is 1. The molecule has 6 nitrogen and oxygen atoms in total. The summed E-state index contributed by atoms with van der Waals surface area (Å²) in [4.78, 5) is 12.1. The van der Waals surface area contributed by atoms with Crippen molar-refractivity contribution in [2.75, 3.05) is 19.8 Å². The van der Waals surface area contributed by atoms with Crippen molar-refractivity contribution < 1.29 is 14.3 Å². The topological polar surface area (TPSA) is 65.4 Å². The Morgan fingerprint density at radius 3 is 2.39 bits per heavy atom. The Morgan fingerprint density at radius 2 is 1.87 bits per heavy atom. The van der Waals surface area contributed by atoms with Gasteiger partial charge >= 0.3 is 0 Å². The van der Waals surface area contributed by atoms with E-state index in [0.29, 0.717) is 36.2 Å². The summed E-state index contributed by atoms with van der Waals surface area (Å²) in [7, 11) is 1.70. The van der Waals surface area contributed by atoms with Gasteiger partial charge in [0.15, 0.2) is 0 Å². The largest absolute Gasteiger partial charge is 0.494 e. The van der Waals surface area contributed by atoms with Gasteiger partial charge in [-0.15, -0.1) is 0 Å². The Morgan fingerprint density at radius 1 is 1.26 bits per heavy atom. The van der Waals surface area contributed by atoms with Gasteiger partial charge in [-0.2, -0.15) is 5.10 Å². The van der Waals surface area contributed by atoms with Crippen LogP contribution in [0.1, 0.15) is 23.0 Å².